The molecule has 0 amide bonds. The van der Waals surface area contributed by atoms with Crippen LogP contribution >= 0.6 is 23.1 Å². The molecule has 0 unspecified atom stereocenters. The van der Waals surface area contributed by atoms with Crippen molar-refractivity contribution in [3.63, 3.8) is 0 Å². The number of anilines is 1. The first-order valence-electron chi connectivity index (χ1n) is 8.71. The standard InChI is InChI=1S/C20H23N3S2/c1-15-12-18(16(2)23(15)13-17-6-4-3-5-7-17)19-14-25-20(21-19)22-8-10-24-11-9-22/h3-7,12,14H,8-11,13H2,1-2H3. The Morgan fingerprint density at radius 2 is 1.84 bits per heavy atom. The van der Waals surface area contributed by atoms with E-state index in [4.69, 9.17) is 4.98 Å². The highest BCUT2D eigenvalue weighted by atomic mass is 32.2. The largest absolute Gasteiger partial charge is 0.346 e. The maximum Gasteiger partial charge on any atom is 0.185 e. The number of hydrogen-bond acceptors (Lipinski definition) is 4. The van der Waals surface area contributed by atoms with Gasteiger partial charge >= 0.3 is 0 Å². The summed E-state index contributed by atoms with van der Waals surface area (Å²) in [6, 6.07) is 12.9. The van der Waals surface area contributed by atoms with Crippen LogP contribution in [0.2, 0.25) is 0 Å². The van der Waals surface area contributed by atoms with Crippen LogP contribution in [-0.2, 0) is 6.54 Å². The van der Waals surface area contributed by atoms with Crippen molar-refractivity contribution in [2.24, 2.45) is 0 Å². The first-order chi connectivity index (χ1) is 12.2. The Balaban J connectivity index is 1.61. The number of thioether (sulfide) groups is 1. The Morgan fingerprint density at radius 1 is 1.08 bits per heavy atom. The third-order valence-corrected chi connectivity index (χ3v) is 6.65. The predicted octanol–water partition coefficient (Wildman–Crippen LogP) is 4.83. The first kappa shape index (κ1) is 16.7. The molecule has 0 spiro atoms. The number of thiazole rings is 1. The minimum atomic E-state index is 0.916. The molecule has 1 saturated heterocycles. The van der Waals surface area contributed by atoms with Crippen molar-refractivity contribution in [1.82, 2.24) is 9.55 Å². The maximum atomic E-state index is 4.95. The minimum absolute atomic E-state index is 0.916. The van der Waals surface area contributed by atoms with Crippen molar-refractivity contribution in [1.29, 1.82) is 0 Å². The molecule has 0 bridgehead atoms. The van der Waals surface area contributed by atoms with Gasteiger partial charge in [-0.1, -0.05) is 30.3 Å². The van der Waals surface area contributed by atoms with E-state index in [-0.39, 0.29) is 0 Å². The van der Waals surface area contributed by atoms with Crippen LogP contribution in [0.4, 0.5) is 5.13 Å². The van der Waals surface area contributed by atoms with Crippen LogP contribution in [0.25, 0.3) is 11.3 Å². The molecule has 5 heteroatoms. The van der Waals surface area contributed by atoms with Crippen LogP contribution in [0.5, 0.6) is 0 Å². The fourth-order valence-corrected chi connectivity index (χ4v) is 5.14. The zero-order valence-corrected chi connectivity index (χ0v) is 16.4. The normalized spacial score (nSPS) is 14.9. The van der Waals surface area contributed by atoms with Crippen molar-refractivity contribution >= 4 is 28.2 Å². The lowest BCUT2D eigenvalue weighted by atomic mass is 10.2. The molecule has 3 aromatic rings. The number of nitrogens with zero attached hydrogens (tertiary/aromatic N) is 3. The Morgan fingerprint density at radius 3 is 2.60 bits per heavy atom. The molecule has 130 valence electrons. The summed E-state index contributed by atoms with van der Waals surface area (Å²) < 4.78 is 2.39. The van der Waals surface area contributed by atoms with E-state index in [0.29, 0.717) is 0 Å². The lowest BCUT2D eigenvalue weighted by molar-refractivity contribution is 0.750. The number of rotatable bonds is 4. The van der Waals surface area contributed by atoms with Crippen LogP contribution in [0.3, 0.4) is 0 Å². The van der Waals surface area contributed by atoms with Crippen molar-refractivity contribution < 1.29 is 0 Å². The Labute approximate surface area is 157 Å². The van der Waals surface area contributed by atoms with Crippen LogP contribution in [0, 0.1) is 13.8 Å². The highest BCUT2D eigenvalue weighted by Gasteiger charge is 2.18. The van der Waals surface area contributed by atoms with Crippen molar-refractivity contribution in [2.75, 3.05) is 29.5 Å². The zero-order valence-electron chi connectivity index (χ0n) is 14.7. The molecule has 0 atom stereocenters. The van der Waals surface area contributed by atoms with Gasteiger partial charge in [0.2, 0.25) is 0 Å². The van der Waals surface area contributed by atoms with Gasteiger partial charge in [-0.15, -0.1) is 11.3 Å². The second kappa shape index (κ2) is 7.26. The summed E-state index contributed by atoms with van der Waals surface area (Å²) in [5.41, 5.74) is 6.31. The molecule has 4 rings (SSSR count). The third-order valence-electron chi connectivity index (χ3n) is 4.81. The average Bonchev–Trinajstić information content (AvgIpc) is 3.24. The van der Waals surface area contributed by atoms with Gasteiger partial charge in [0.15, 0.2) is 5.13 Å². The lowest BCUT2D eigenvalue weighted by Crippen LogP contribution is -2.32. The lowest BCUT2D eigenvalue weighted by Gasteiger charge is -2.25. The fourth-order valence-electron chi connectivity index (χ4n) is 3.36. The molecule has 0 radical (unpaired) electrons. The van der Waals surface area contributed by atoms with E-state index in [0.717, 1.165) is 25.3 Å². The fraction of sp³-hybridized carbons (Fsp3) is 0.350. The molecule has 0 N–H and O–H groups in total. The summed E-state index contributed by atoms with van der Waals surface area (Å²) in [5.74, 6) is 2.42. The van der Waals surface area contributed by atoms with E-state index in [1.807, 2.05) is 11.8 Å². The summed E-state index contributed by atoms with van der Waals surface area (Å²) in [6.45, 7) is 7.55. The Hall–Kier alpha value is -1.72. The molecule has 1 fully saturated rings. The topological polar surface area (TPSA) is 21.1 Å². The third kappa shape index (κ3) is 3.48. The van der Waals surface area contributed by atoms with E-state index in [1.54, 1.807) is 11.3 Å². The molecule has 0 saturated carbocycles. The van der Waals surface area contributed by atoms with Gasteiger partial charge in [0, 0.05) is 53.5 Å². The van der Waals surface area contributed by atoms with Crippen LogP contribution in [0.15, 0.2) is 41.8 Å². The smallest absolute Gasteiger partial charge is 0.185 e. The van der Waals surface area contributed by atoms with E-state index < -0.39 is 0 Å². The minimum Gasteiger partial charge on any atom is -0.346 e. The van der Waals surface area contributed by atoms with E-state index in [1.165, 1.54) is 39.2 Å². The van der Waals surface area contributed by atoms with Gasteiger partial charge < -0.3 is 9.47 Å². The van der Waals surface area contributed by atoms with Gasteiger partial charge in [0.1, 0.15) is 0 Å². The monoisotopic (exact) mass is 369 g/mol. The Bertz CT molecular complexity index is 845. The number of aryl methyl sites for hydroxylation is 1. The number of aromatic nitrogens is 2. The summed E-state index contributed by atoms with van der Waals surface area (Å²) in [4.78, 5) is 7.37. The zero-order chi connectivity index (χ0) is 17.2. The van der Waals surface area contributed by atoms with Crippen LogP contribution in [0.1, 0.15) is 17.0 Å². The van der Waals surface area contributed by atoms with E-state index in [2.05, 4.69) is 65.1 Å². The predicted molar refractivity (Wildman–Crippen MR) is 110 cm³/mol. The van der Waals surface area contributed by atoms with Gasteiger partial charge in [-0.2, -0.15) is 11.8 Å². The second-order valence-electron chi connectivity index (χ2n) is 6.47. The molecule has 1 aliphatic rings. The second-order valence-corrected chi connectivity index (χ2v) is 8.53. The SMILES string of the molecule is Cc1cc(-c2csc(N3CCSCC3)n2)c(C)n1Cc1ccccc1. The van der Waals surface area contributed by atoms with Gasteiger partial charge in [-0.3, -0.25) is 0 Å². The summed E-state index contributed by atoms with van der Waals surface area (Å²) in [7, 11) is 0. The molecular weight excluding hydrogens is 346 g/mol. The summed E-state index contributed by atoms with van der Waals surface area (Å²) in [6.07, 6.45) is 0. The van der Waals surface area contributed by atoms with Crippen molar-refractivity contribution in [2.45, 2.75) is 20.4 Å². The van der Waals surface area contributed by atoms with Crippen molar-refractivity contribution in [3.8, 4) is 11.3 Å². The van der Waals surface area contributed by atoms with Gasteiger partial charge in [-0.05, 0) is 25.5 Å². The molecule has 0 aliphatic carbocycles. The highest BCUT2D eigenvalue weighted by Crippen LogP contribution is 2.32. The molecule has 3 nitrogen and oxygen atoms in total. The van der Waals surface area contributed by atoms with Gasteiger partial charge in [0.05, 0.1) is 5.69 Å². The maximum absolute atomic E-state index is 4.95. The summed E-state index contributed by atoms with van der Waals surface area (Å²) >= 11 is 3.81. The highest BCUT2D eigenvalue weighted by molar-refractivity contribution is 7.99. The molecule has 2 aromatic heterocycles. The van der Waals surface area contributed by atoms with Crippen LogP contribution in [-0.4, -0.2) is 34.1 Å². The Kier molecular flexibility index (Phi) is 4.86. The molecule has 25 heavy (non-hydrogen) atoms. The van der Waals surface area contributed by atoms with Crippen LogP contribution < -0.4 is 4.90 Å². The average molecular weight is 370 g/mol. The number of benzene rings is 1. The molecule has 3 heterocycles. The quantitative estimate of drug-likeness (QED) is 0.657. The summed E-state index contributed by atoms with van der Waals surface area (Å²) in [5, 5.41) is 3.38. The van der Waals surface area contributed by atoms with E-state index in [9.17, 15) is 0 Å². The molecule has 1 aromatic carbocycles. The molecule has 1 aliphatic heterocycles. The van der Waals surface area contributed by atoms with Gasteiger partial charge in [-0.25, -0.2) is 4.98 Å². The van der Waals surface area contributed by atoms with Gasteiger partial charge in [0.25, 0.3) is 0 Å². The number of hydrogen-bond donors (Lipinski definition) is 0. The van der Waals surface area contributed by atoms with E-state index >= 15 is 0 Å². The first-order valence-corrected chi connectivity index (χ1v) is 10.7. The van der Waals surface area contributed by atoms with Crippen molar-refractivity contribution in [3.05, 3.63) is 58.7 Å². The molecular formula is C20H23N3S2.